The van der Waals surface area contributed by atoms with Crippen LogP contribution in [0.3, 0.4) is 0 Å². The van der Waals surface area contributed by atoms with E-state index in [9.17, 15) is 4.79 Å². The molecule has 7 nitrogen and oxygen atoms in total. The fourth-order valence-corrected chi connectivity index (χ4v) is 2.63. The Morgan fingerprint density at radius 1 is 1.14 bits per heavy atom. The van der Waals surface area contributed by atoms with Gasteiger partial charge >= 0.3 is 0 Å². The molecule has 2 aromatic carbocycles. The summed E-state index contributed by atoms with van der Waals surface area (Å²) in [6.07, 6.45) is 0.656. The van der Waals surface area contributed by atoms with Gasteiger partial charge in [-0.1, -0.05) is 17.3 Å². The number of rotatable bonds is 9. The summed E-state index contributed by atoms with van der Waals surface area (Å²) in [7, 11) is 1.61. The Kier molecular flexibility index (Phi) is 6.62. The number of ether oxygens (including phenoxy) is 2. The van der Waals surface area contributed by atoms with Gasteiger partial charge in [0.2, 0.25) is 17.6 Å². The first-order valence-corrected chi connectivity index (χ1v) is 9.13. The number of nitrogens with zero attached hydrogens (tertiary/aromatic N) is 2. The van der Waals surface area contributed by atoms with Crippen LogP contribution >= 0.6 is 0 Å². The molecule has 0 unspecified atom stereocenters. The van der Waals surface area contributed by atoms with E-state index in [0.717, 1.165) is 22.6 Å². The molecule has 28 heavy (non-hydrogen) atoms. The molecule has 1 amide bonds. The van der Waals surface area contributed by atoms with Crippen molar-refractivity contribution in [3.05, 3.63) is 60.0 Å². The van der Waals surface area contributed by atoms with Gasteiger partial charge in [-0.05, 0) is 48.9 Å². The molecule has 3 rings (SSSR count). The third-order valence-electron chi connectivity index (χ3n) is 4.08. The van der Waals surface area contributed by atoms with Gasteiger partial charge in [-0.2, -0.15) is 4.98 Å². The van der Waals surface area contributed by atoms with Gasteiger partial charge in [0.1, 0.15) is 11.5 Å². The standard InChI is InChI=1S/C21H23N3O4/c1-3-27-17-9-7-16(8-10-17)21-23-20(28-24-21)12-11-19(25)22-14-15-5-4-6-18(13-15)26-2/h4-10,13H,3,11-12,14H2,1-2H3,(H,22,25). The van der Waals surface area contributed by atoms with E-state index in [1.54, 1.807) is 7.11 Å². The van der Waals surface area contributed by atoms with E-state index < -0.39 is 0 Å². The predicted molar refractivity (Wildman–Crippen MR) is 104 cm³/mol. The van der Waals surface area contributed by atoms with Crippen molar-refractivity contribution >= 4 is 5.91 Å². The van der Waals surface area contributed by atoms with E-state index in [2.05, 4.69) is 15.5 Å². The average molecular weight is 381 g/mol. The van der Waals surface area contributed by atoms with Gasteiger partial charge < -0.3 is 19.3 Å². The van der Waals surface area contributed by atoms with E-state index >= 15 is 0 Å². The summed E-state index contributed by atoms with van der Waals surface area (Å²) in [5.41, 5.74) is 1.81. The lowest BCUT2D eigenvalue weighted by molar-refractivity contribution is -0.121. The maximum atomic E-state index is 12.1. The predicted octanol–water partition coefficient (Wildman–Crippen LogP) is 3.39. The van der Waals surface area contributed by atoms with Crippen molar-refractivity contribution in [2.24, 2.45) is 0 Å². The van der Waals surface area contributed by atoms with Crippen LogP contribution < -0.4 is 14.8 Å². The summed E-state index contributed by atoms with van der Waals surface area (Å²) in [5, 5.41) is 6.86. The second-order valence-electron chi connectivity index (χ2n) is 6.10. The van der Waals surface area contributed by atoms with Crippen LogP contribution in [0.15, 0.2) is 53.1 Å². The number of benzene rings is 2. The van der Waals surface area contributed by atoms with Crippen molar-refractivity contribution in [2.75, 3.05) is 13.7 Å². The molecule has 0 spiro atoms. The van der Waals surface area contributed by atoms with Crippen LogP contribution in [-0.2, 0) is 17.8 Å². The SMILES string of the molecule is CCOc1ccc(-c2noc(CCC(=O)NCc3cccc(OC)c3)n2)cc1. The Bertz CT molecular complexity index is 906. The molecule has 0 saturated heterocycles. The fraction of sp³-hybridized carbons (Fsp3) is 0.286. The fourth-order valence-electron chi connectivity index (χ4n) is 2.63. The number of aromatic nitrogens is 2. The molecule has 0 aliphatic carbocycles. The molecule has 0 aliphatic heterocycles. The molecule has 1 aromatic heterocycles. The van der Waals surface area contributed by atoms with Crippen LogP contribution in [0.5, 0.6) is 11.5 Å². The molecule has 146 valence electrons. The second kappa shape index (κ2) is 9.55. The average Bonchev–Trinajstić information content (AvgIpc) is 3.21. The van der Waals surface area contributed by atoms with Crippen LogP contribution in [-0.4, -0.2) is 29.8 Å². The smallest absolute Gasteiger partial charge is 0.227 e. The van der Waals surface area contributed by atoms with Gasteiger partial charge in [0.05, 0.1) is 13.7 Å². The third-order valence-corrected chi connectivity index (χ3v) is 4.08. The van der Waals surface area contributed by atoms with Crippen LogP contribution in [0.2, 0.25) is 0 Å². The number of hydrogen-bond donors (Lipinski definition) is 1. The zero-order chi connectivity index (χ0) is 19.8. The molecule has 0 saturated carbocycles. The minimum Gasteiger partial charge on any atom is -0.497 e. The molecule has 0 radical (unpaired) electrons. The molecule has 7 heteroatoms. The van der Waals surface area contributed by atoms with Crippen molar-refractivity contribution in [3.63, 3.8) is 0 Å². The second-order valence-corrected chi connectivity index (χ2v) is 6.10. The van der Waals surface area contributed by atoms with Crippen molar-refractivity contribution in [2.45, 2.75) is 26.3 Å². The third kappa shape index (κ3) is 5.33. The van der Waals surface area contributed by atoms with E-state index in [1.807, 2.05) is 55.5 Å². The van der Waals surface area contributed by atoms with Crippen molar-refractivity contribution in [3.8, 4) is 22.9 Å². The molecule has 3 aromatic rings. The molecule has 0 aliphatic rings. The quantitative estimate of drug-likeness (QED) is 0.611. The van der Waals surface area contributed by atoms with Gasteiger partial charge in [0.25, 0.3) is 0 Å². The highest BCUT2D eigenvalue weighted by Crippen LogP contribution is 2.20. The Morgan fingerprint density at radius 2 is 1.96 bits per heavy atom. The zero-order valence-corrected chi connectivity index (χ0v) is 16.0. The highest BCUT2D eigenvalue weighted by molar-refractivity contribution is 5.76. The lowest BCUT2D eigenvalue weighted by Crippen LogP contribution is -2.23. The number of carbonyl (C=O) groups excluding carboxylic acids is 1. The van der Waals surface area contributed by atoms with Crippen molar-refractivity contribution in [1.29, 1.82) is 0 Å². The normalized spacial score (nSPS) is 10.5. The Morgan fingerprint density at radius 3 is 2.71 bits per heavy atom. The largest absolute Gasteiger partial charge is 0.497 e. The van der Waals surface area contributed by atoms with Gasteiger partial charge in [-0.3, -0.25) is 4.79 Å². The number of carbonyl (C=O) groups is 1. The number of nitrogens with one attached hydrogen (secondary N) is 1. The summed E-state index contributed by atoms with van der Waals surface area (Å²) in [6, 6.07) is 15.1. The van der Waals surface area contributed by atoms with Gasteiger partial charge in [0.15, 0.2) is 0 Å². The maximum absolute atomic E-state index is 12.1. The summed E-state index contributed by atoms with van der Waals surface area (Å²) in [6.45, 7) is 3.00. The Labute approximate surface area is 163 Å². The van der Waals surface area contributed by atoms with E-state index in [0.29, 0.717) is 31.3 Å². The van der Waals surface area contributed by atoms with Crippen molar-refractivity contribution < 1.29 is 18.8 Å². The lowest BCUT2D eigenvalue weighted by Gasteiger charge is -2.06. The van der Waals surface area contributed by atoms with Crippen LogP contribution in [0.4, 0.5) is 0 Å². The van der Waals surface area contributed by atoms with Gasteiger partial charge in [-0.25, -0.2) is 0 Å². The lowest BCUT2D eigenvalue weighted by atomic mass is 10.2. The van der Waals surface area contributed by atoms with E-state index in [-0.39, 0.29) is 12.3 Å². The number of methoxy groups -OCH3 is 1. The van der Waals surface area contributed by atoms with Gasteiger partial charge in [0, 0.05) is 24.9 Å². The van der Waals surface area contributed by atoms with Crippen LogP contribution in [0, 0.1) is 0 Å². The van der Waals surface area contributed by atoms with Crippen LogP contribution in [0.25, 0.3) is 11.4 Å². The number of aryl methyl sites for hydroxylation is 1. The number of amides is 1. The summed E-state index contributed by atoms with van der Waals surface area (Å²) < 4.78 is 15.8. The van der Waals surface area contributed by atoms with Crippen molar-refractivity contribution in [1.82, 2.24) is 15.5 Å². The van der Waals surface area contributed by atoms with Gasteiger partial charge in [-0.15, -0.1) is 0 Å². The molecule has 0 fully saturated rings. The molecule has 1 heterocycles. The highest BCUT2D eigenvalue weighted by atomic mass is 16.5. The number of hydrogen-bond acceptors (Lipinski definition) is 6. The summed E-state index contributed by atoms with van der Waals surface area (Å²) in [5.74, 6) is 2.40. The minimum atomic E-state index is -0.0800. The molecular weight excluding hydrogens is 358 g/mol. The molecule has 0 atom stereocenters. The monoisotopic (exact) mass is 381 g/mol. The molecular formula is C21H23N3O4. The van der Waals surface area contributed by atoms with Crippen LogP contribution in [0.1, 0.15) is 24.8 Å². The topological polar surface area (TPSA) is 86.5 Å². The highest BCUT2D eigenvalue weighted by Gasteiger charge is 2.11. The Hall–Kier alpha value is -3.35. The molecule has 0 bridgehead atoms. The first-order valence-electron chi connectivity index (χ1n) is 9.13. The first-order chi connectivity index (χ1) is 13.7. The van der Waals surface area contributed by atoms with E-state index in [1.165, 1.54) is 0 Å². The summed E-state index contributed by atoms with van der Waals surface area (Å²) in [4.78, 5) is 16.4. The minimum absolute atomic E-state index is 0.0800. The molecule has 1 N–H and O–H groups in total. The maximum Gasteiger partial charge on any atom is 0.227 e. The Balaban J connectivity index is 1.48. The van der Waals surface area contributed by atoms with E-state index in [4.69, 9.17) is 14.0 Å². The first kappa shape index (κ1) is 19.4. The summed E-state index contributed by atoms with van der Waals surface area (Å²) >= 11 is 0. The zero-order valence-electron chi connectivity index (χ0n) is 16.0.